The van der Waals surface area contributed by atoms with E-state index in [-0.39, 0.29) is 5.78 Å². The van der Waals surface area contributed by atoms with E-state index in [1.165, 1.54) is 18.9 Å². The molecule has 4 nitrogen and oxygen atoms in total. The van der Waals surface area contributed by atoms with Gasteiger partial charge in [-0.3, -0.25) is 9.59 Å². The van der Waals surface area contributed by atoms with Crippen molar-refractivity contribution in [1.82, 2.24) is 4.72 Å². The topological polar surface area (TPSA) is 58.5 Å². The maximum atomic E-state index is 11.1. The van der Waals surface area contributed by atoms with Gasteiger partial charge in [0.25, 0.3) is 0 Å². The van der Waals surface area contributed by atoms with E-state index in [0.717, 1.165) is 4.90 Å². The van der Waals surface area contributed by atoms with Crippen LogP contribution in [0, 0.1) is 0 Å². The maximum Gasteiger partial charge on any atom is 0.185 e. The Morgan fingerprint density at radius 2 is 2.33 bits per heavy atom. The number of carbonyl (C=O) groups is 2. The summed E-state index contributed by atoms with van der Waals surface area (Å²) in [6, 6.07) is 5.21. The van der Waals surface area contributed by atoms with E-state index in [9.17, 15) is 9.59 Å². The van der Waals surface area contributed by atoms with Crippen molar-refractivity contribution in [3.8, 4) is 0 Å². The molecule has 1 heterocycles. The zero-order chi connectivity index (χ0) is 10.8. The average Bonchev–Trinajstić information content (AvgIpc) is 2.27. The van der Waals surface area contributed by atoms with E-state index >= 15 is 0 Å². The monoisotopic (exact) mass is 220 g/mol. The highest BCUT2D eigenvalue weighted by Crippen LogP contribution is 2.31. The van der Waals surface area contributed by atoms with Crippen molar-refractivity contribution in [1.29, 1.82) is 0 Å². The molecule has 1 aliphatic heterocycles. The number of hydrogen-bond acceptors (Lipinski definition) is 5. The molecule has 2 rings (SSSR count). The van der Waals surface area contributed by atoms with Crippen molar-refractivity contribution in [3.63, 3.8) is 0 Å². The van der Waals surface area contributed by atoms with E-state index in [0.29, 0.717) is 23.4 Å². The van der Waals surface area contributed by atoms with Gasteiger partial charge in [-0.2, -0.15) is 0 Å². The summed E-state index contributed by atoms with van der Waals surface area (Å²) in [5.74, 6) is 0.312. The molecule has 0 unspecified atom stereocenters. The van der Waals surface area contributed by atoms with Gasteiger partial charge in [-0.15, -0.1) is 0 Å². The minimum absolute atomic E-state index is 0.0172. The summed E-state index contributed by atoms with van der Waals surface area (Å²) in [5, 5.41) is 0. The molecule has 1 N–H and O–H groups in total. The standard InChI is InChI=1S/C10H8N2O2S/c1-6(14)7-2-3-8-9(4-7)15-12-10(5-13)11-8/h2-5H,1H3,(H,11,12). The highest BCUT2D eigenvalue weighted by molar-refractivity contribution is 7.98. The molecule has 0 aliphatic carbocycles. The molecule has 0 atom stereocenters. The molecular formula is C10H8N2O2S. The molecule has 5 heteroatoms. The molecular weight excluding hydrogens is 212 g/mol. The van der Waals surface area contributed by atoms with Gasteiger partial charge in [0, 0.05) is 5.56 Å². The molecule has 76 valence electrons. The van der Waals surface area contributed by atoms with Crippen LogP contribution in [0.4, 0.5) is 5.69 Å². The number of hydrogen-bond donors (Lipinski definition) is 1. The molecule has 1 aromatic carbocycles. The van der Waals surface area contributed by atoms with E-state index in [4.69, 9.17) is 0 Å². The lowest BCUT2D eigenvalue weighted by Crippen LogP contribution is -2.19. The van der Waals surface area contributed by atoms with E-state index < -0.39 is 0 Å². The number of fused-ring (bicyclic) bond motifs is 1. The SMILES string of the molecule is CC(=O)c1ccc2c(c1)SNC(C=O)=N2. The summed E-state index contributed by atoms with van der Waals surface area (Å²) in [4.78, 5) is 26.5. The van der Waals surface area contributed by atoms with Gasteiger partial charge in [-0.25, -0.2) is 4.99 Å². The smallest absolute Gasteiger partial charge is 0.185 e. The number of amidine groups is 1. The van der Waals surface area contributed by atoms with Crippen LogP contribution in [0.2, 0.25) is 0 Å². The van der Waals surface area contributed by atoms with Crippen LogP contribution >= 0.6 is 11.9 Å². The van der Waals surface area contributed by atoms with Crippen LogP contribution in [0.15, 0.2) is 28.1 Å². The fourth-order valence-corrected chi connectivity index (χ4v) is 1.93. The number of Topliss-reactive ketones (excluding diaryl/α,β-unsaturated/α-hetero) is 1. The molecule has 0 saturated carbocycles. The van der Waals surface area contributed by atoms with Gasteiger partial charge in [-0.1, -0.05) is 0 Å². The second-order valence-electron chi connectivity index (χ2n) is 3.06. The lowest BCUT2D eigenvalue weighted by atomic mass is 10.1. The quantitative estimate of drug-likeness (QED) is 0.468. The first-order chi connectivity index (χ1) is 7.20. The summed E-state index contributed by atoms with van der Waals surface area (Å²) in [6.45, 7) is 1.52. The Balaban J connectivity index is 2.45. The Kier molecular flexibility index (Phi) is 2.55. The zero-order valence-electron chi connectivity index (χ0n) is 7.98. The number of aldehydes is 1. The van der Waals surface area contributed by atoms with Crippen LogP contribution < -0.4 is 4.72 Å². The number of carbonyl (C=O) groups excluding carboxylic acids is 2. The first-order valence-corrected chi connectivity index (χ1v) is 5.14. The van der Waals surface area contributed by atoms with Gasteiger partial charge in [0.15, 0.2) is 17.9 Å². The van der Waals surface area contributed by atoms with Crippen molar-refractivity contribution >= 4 is 35.5 Å². The van der Waals surface area contributed by atoms with Gasteiger partial charge in [0.1, 0.15) is 0 Å². The maximum absolute atomic E-state index is 11.1. The number of nitrogens with one attached hydrogen (secondary N) is 1. The minimum atomic E-state index is 0.0172. The second-order valence-corrected chi connectivity index (χ2v) is 3.91. The number of benzene rings is 1. The van der Waals surface area contributed by atoms with Crippen molar-refractivity contribution in [2.45, 2.75) is 11.8 Å². The summed E-state index contributed by atoms with van der Waals surface area (Å²) in [7, 11) is 0. The molecule has 0 amide bonds. The van der Waals surface area contributed by atoms with Crippen molar-refractivity contribution in [3.05, 3.63) is 23.8 Å². The normalized spacial score (nSPS) is 13.5. The van der Waals surface area contributed by atoms with E-state index in [1.54, 1.807) is 18.2 Å². The summed E-state index contributed by atoms with van der Waals surface area (Å²) < 4.78 is 2.78. The number of ketones is 1. The van der Waals surface area contributed by atoms with Gasteiger partial charge in [-0.05, 0) is 37.1 Å². The first-order valence-electron chi connectivity index (χ1n) is 4.32. The minimum Gasteiger partial charge on any atom is -0.307 e. The first kappa shape index (κ1) is 9.92. The summed E-state index contributed by atoms with van der Waals surface area (Å²) in [5.41, 5.74) is 1.36. The predicted octanol–water partition coefficient (Wildman–Crippen LogP) is 1.73. The Bertz CT molecular complexity index is 468. The molecule has 0 spiro atoms. The molecule has 0 aromatic heterocycles. The van der Waals surface area contributed by atoms with Crippen molar-refractivity contribution in [2.24, 2.45) is 4.99 Å². The molecule has 1 aliphatic rings. The molecule has 1 aromatic rings. The predicted molar refractivity (Wildman–Crippen MR) is 58.6 cm³/mol. The van der Waals surface area contributed by atoms with Crippen LogP contribution in [0.1, 0.15) is 17.3 Å². The molecule has 0 saturated heterocycles. The fraction of sp³-hybridized carbons (Fsp3) is 0.100. The third-order valence-electron chi connectivity index (χ3n) is 1.98. The van der Waals surface area contributed by atoms with Crippen LogP contribution in [0.25, 0.3) is 0 Å². The number of aliphatic imine (C=N–C) groups is 1. The van der Waals surface area contributed by atoms with E-state index in [1.807, 2.05) is 0 Å². The van der Waals surface area contributed by atoms with Crippen LogP contribution in [-0.2, 0) is 4.79 Å². The van der Waals surface area contributed by atoms with Crippen LogP contribution in [0.3, 0.4) is 0 Å². The van der Waals surface area contributed by atoms with E-state index in [2.05, 4.69) is 9.71 Å². The van der Waals surface area contributed by atoms with Crippen LogP contribution in [-0.4, -0.2) is 17.9 Å². The zero-order valence-corrected chi connectivity index (χ0v) is 8.80. The number of rotatable bonds is 2. The summed E-state index contributed by atoms with van der Waals surface area (Å²) >= 11 is 1.29. The fourth-order valence-electron chi connectivity index (χ4n) is 1.22. The third kappa shape index (κ3) is 1.92. The molecule has 0 fully saturated rings. The van der Waals surface area contributed by atoms with Gasteiger partial charge in [0.05, 0.1) is 10.6 Å². The highest BCUT2D eigenvalue weighted by Gasteiger charge is 2.13. The highest BCUT2D eigenvalue weighted by atomic mass is 32.2. The second kappa shape index (κ2) is 3.86. The van der Waals surface area contributed by atoms with Gasteiger partial charge in [0.2, 0.25) is 0 Å². The largest absolute Gasteiger partial charge is 0.307 e. The lowest BCUT2D eigenvalue weighted by Gasteiger charge is -2.13. The van der Waals surface area contributed by atoms with Gasteiger partial charge < -0.3 is 4.72 Å². The summed E-state index contributed by atoms with van der Waals surface area (Å²) in [6.07, 6.45) is 0.662. The van der Waals surface area contributed by atoms with Crippen molar-refractivity contribution < 1.29 is 9.59 Å². The molecule has 0 bridgehead atoms. The van der Waals surface area contributed by atoms with Crippen molar-refractivity contribution in [2.75, 3.05) is 0 Å². The Morgan fingerprint density at radius 1 is 1.53 bits per heavy atom. The Morgan fingerprint density at radius 3 is 3.00 bits per heavy atom. The van der Waals surface area contributed by atoms with Crippen LogP contribution in [0.5, 0.6) is 0 Å². The molecule has 0 radical (unpaired) electrons. The average molecular weight is 220 g/mol. The van der Waals surface area contributed by atoms with Gasteiger partial charge >= 0.3 is 0 Å². The third-order valence-corrected chi connectivity index (χ3v) is 2.84. The lowest BCUT2D eigenvalue weighted by molar-refractivity contribution is -0.102. The Labute approximate surface area is 90.9 Å². The Hall–Kier alpha value is -1.62. The number of nitrogens with zero attached hydrogens (tertiary/aromatic N) is 1. The molecule has 15 heavy (non-hydrogen) atoms.